The lowest BCUT2D eigenvalue weighted by Crippen LogP contribution is -2.99. The number of quaternary nitrogens is 1. The van der Waals surface area contributed by atoms with Gasteiger partial charge in [-0.1, -0.05) is 22.0 Å². The zero-order valence-electron chi connectivity index (χ0n) is 16.0. The molecule has 2 N–H and O–H groups in total. The number of hydrogen-bond donors (Lipinski definition) is 2. The third-order valence-electron chi connectivity index (χ3n) is 4.42. The van der Waals surface area contributed by atoms with E-state index in [1.807, 2.05) is 0 Å². The first kappa shape index (κ1) is 27.8. The lowest BCUT2D eigenvalue weighted by Gasteiger charge is -2.31. The van der Waals surface area contributed by atoms with Crippen molar-refractivity contribution in [1.29, 1.82) is 0 Å². The number of carbonyl (C=O) groups is 1. The van der Waals surface area contributed by atoms with Crippen molar-refractivity contribution in [2.24, 2.45) is 0 Å². The summed E-state index contributed by atoms with van der Waals surface area (Å²) in [7, 11) is 0. The highest BCUT2D eigenvalue weighted by molar-refractivity contribution is 9.10. The van der Waals surface area contributed by atoms with Crippen LogP contribution in [0.15, 0.2) is 34.8 Å². The number of halogens is 11. The number of nitrogens with one attached hydrogen (secondary N) is 1. The van der Waals surface area contributed by atoms with E-state index in [-0.39, 0.29) is 12.1 Å². The summed E-state index contributed by atoms with van der Waals surface area (Å²) in [4.78, 5) is 12.5. The van der Waals surface area contributed by atoms with E-state index in [1.54, 1.807) is 0 Å². The fourth-order valence-corrected chi connectivity index (χ4v) is 3.42. The van der Waals surface area contributed by atoms with Gasteiger partial charge in [-0.2, -0.15) is 44.7 Å². The summed E-state index contributed by atoms with van der Waals surface area (Å²) in [6.07, 6.45) is -14.3. The van der Waals surface area contributed by atoms with Crippen LogP contribution in [0.3, 0.4) is 0 Å². The van der Waals surface area contributed by atoms with Crippen molar-refractivity contribution in [3.63, 3.8) is 0 Å². The molecule has 188 valence electrons. The van der Waals surface area contributed by atoms with Gasteiger partial charge in [0.25, 0.3) is 0 Å². The molecule has 0 spiro atoms. The maximum absolute atomic E-state index is 14.4. The molecule has 0 saturated heterocycles. The van der Waals surface area contributed by atoms with Crippen LogP contribution in [0.1, 0.15) is 21.5 Å². The van der Waals surface area contributed by atoms with Crippen molar-refractivity contribution in [1.82, 2.24) is 0 Å². The highest BCUT2D eigenvalue weighted by Crippen LogP contribution is 2.54. The quantitative estimate of drug-likeness (QED) is 0.267. The van der Waals surface area contributed by atoms with Gasteiger partial charge < -0.3 is 9.94 Å². The fourth-order valence-electron chi connectivity index (χ4n) is 2.84. The Morgan fingerprint density at radius 3 is 2.12 bits per heavy atom. The molecule has 16 heteroatoms. The van der Waals surface area contributed by atoms with Gasteiger partial charge >= 0.3 is 24.6 Å². The number of alkyl halides is 9. The van der Waals surface area contributed by atoms with Gasteiger partial charge in [0.15, 0.2) is 11.6 Å². The van der Waals surface area contributed by atoms with Crippen molar-refractivity contribution < 1.29 is 63.9 Å². The Bertz CT molecular complexity index is 1060. The predicted molar refractivity (Wildman–Crippen MR) is 95.9 cm³/mol. The van der Waals surface area contributed by atoms with Crippen LogP contribution in [0.5, 0.6) is 5.75 Å². The lowest BCUT2D eigenvalue weighted by molar-refractivity contribution is -0.992. The maximum atomic E-state index is 14.4. The second kappa shape index (κ2) is 9.67. The van der Waals surface area contributed by atoms with Crippen molar-refractivity contribution in [2.45, 2.75) is 31.1 Å². The fraction of sp³-hybridized carbons (Fsp3) is 0.278. The molecule has 0 bridgehead atoms. The minimum Gasteiger partial charge on any atom is -0.595 e. The van der Waals surface area contributed by atoms with E-state index in [9.17, 15) is 53.9 Å². The Morgan fingerprint density at radius 2 is 1.65 bits per heavy atom. The van der Waals surface area contributed by atoms with Gasteiger partial charge in [0.2, 0.25) is 5.69 Å². The van der Waals surface area contributed by atoms with Gasteiger partial charge in [-0.15, -0.1) is 0 Å². The lowest BCUT2D eigenvalue weighted by atomic mass is 9.91. The van der Waals surface area contributed by atoms with Crippen molar-refractivity contribution in [2.75, 3.05) is 0 Å². The molecule has 0 aliphatic rings. The summed E-state index contributed by atoms with van der Waals surface area (Å²) in [5.74, 6) is -4.26. The monoisotopic (exact) mass is 573 g/mol. The number of benzene rings is 2. The summed E-state index contributed by atoms with van der Waals surface area (Å²) < 4.78 is 136. The minimum atomic E-state index is -6.56. The Labute approximate surface area is 191 Å². The Kier molecular flexibility index (Phi) is 7.91. The van der Waals surface area contributed by atoms with Gasteiger partial charge in [0.05, 0.1) is 5.56 Å². The highest BCUT2D eigenvalue weighted by atomic mass is 79.9. The van der Waals surface area contributed by atoms with E-state index in [4.69, 9.17) is 5.21 Å². The van der Waals surface area contributed by atoms with Crippen LogP contribution in [-0.2, 0) is 12.1 Å². The summed E-state index contributed by atoms with van der Waals surface area (Å²) in [6.45, 7) is -3.83. The highest BCUT2D eigenvalue weighted by Gasteiger charge is 2.73. The molecule has 2 aromatic carbocycles. The number of ketones is 1. The standard InChI is InChI=1S/C18H10BrF10NO4/c19-10-4-7(16(23,17(24,25)26)18(27,28)29)5-13(34-15(21)22)9(10)6-12(31)8-2-1-3-11(14(8)20)30(32)33/h1-5,15,30,32H,6H2. The van der Waals surface area contributed by atoms with Crippen molar-refractivity contribution in [3.8, 4) is 5.75 Å². The van der Waals surface area contributed by atoms with Crippen LogP contribution in [0.25, 0.3) is 0 Å². The van der Waals surface area contributed by atoms with Gasteiger partial charge in [-0.05, 0) is 18.2 Å². The van der Waals surface area contributed by atoms with E-state index in [1.165, 1.54) is 0 Å². The minimum absolute atomic E-state index is 0.0358. The van der Waals surface area contributed by atoms with Gasteiger partial charge in [0.1, 0.15) is 5.75 Å². The van der Waals surface area contributed by atoms with E-state index in [2.05, 4.69) is 20.7 Å². The first-order valence-electron chi connectivity index (χ1n) is 8.56. The summed E-state index contributed by atoms with van der Waals surface area (Å²) in [5, 5.41) is 18.1. The molecule has 34 heavy (non-hydrogen) atoms. The maximum Gasteiger partial charge on any atom is 0.435 e. The Balaban J connectivity index is 2.65. The first-order chi connectivity index (χ1) is 15.4. The van der Waals surface area contributed by atoms with Crippen molar-refractivity contribution in [3.05, 3.63) is 62.5 Å². The molecule has 0 radical (unpaired) electrons. The first-order valence-corrected chi connectivity index (χ1v) is 9.36. The second-order valence-electron chi connectivity index (χ2n) is 6.54. The predicted octanol–water partition coefficient (Wildman–Crippen LogP) is 5.31. The molecule has 0 aliphatic carbocycles. The molecular weight excluding hydrogens is 564 g/mol. The number of rotatable bonds is 7. The van der Waals surface area contributed by atoms with Crippen molar-refractivity contribution >= 4 is 27.4 Å². The van der Waals surface area contributed by atoms with Crippen LogP contribution in [-0.4, -0.2) is 30.0 Å². The molecule has 0 heterocycles. The topological polar surface area (TPSA) is 74.0 Å². The molecular formula is C18H10BrF10NO4. The molecule has 0 amide bonds. The van der Waals surface area contributed by atoms with E-state index < -0.39 is 80.5 Å². The van der Waals surface area contributed by atoms with E-state index >= 15 is 0 Å². The zero-order valence-corrected chi connectivity index (χ0v) is 17.6. The van der Waals surface area contributed by atoms with Gasteiger partial charge in [0, 0.05) is 28.1 Å². The number of ether oxygens (including phenoxy) is 1. The summed E-state index contributed by atoms with van der Waals surface area (Å²) in [5.41, 5.74) is -10.8. The summed E-state index contributed by atoms with van der Waals surface area (Å²) >= 11 is 2.50. The van der Waals surface area contributed by atoms with Gasteiger partial charge in [-0.25, -0.2) is 9.60 Å². The van der Waals surface area contributed by atoms with E-state index in [0.29, 0.717) is 0 Å². The number of carbonyl (C=O) groups excluding carboxylic acids is 1. The third-order valence-corrected chi connectivity index (χ3v) is 5.12. The summed E-state index contributed by atoms with van der Waals surface area (Å²) in [6, 6.07) is 2.22. The molecule has 1 unspecified atom stereocenters. The van der Waals surface area contributed by atoms with Crippen LogP contribution in [0.2, 0.25) is 0 Å². The molecule has 1 atom stereocenters. The van der Waals surface area contributed by atoms with E-state index in [0.717, 1.165) is 18.2 Å². The average Bonchev–Trinajstić information content (AvgIpc) is 2.67. The Hall–Kier alpha value is -2.43. The van der Waals surface area contributed by atoms with Crippen LogP contribution >= 0.6 is 15.9 Å². The zero-order chi connectivity index (χ0) is 26.2. The molecule has 0 aliphatic heterocycles. The number of Topliss-reactive ketones (excluding diaryl/α,β-unsaturated/α-hetero) is 1. The van der Waals surface area contributed by atoms with Crippen LogP contribution in [0.4, 0.5) is 49.6 Å². The smallest absolute Gasteiger partial charge is 0.435 e. The molecule has 0 aromatic heterocycles. The Morgan fingerprint density at radius 1 is 1.09 bits per heavy atom. The molecule has 5 nitrogen and oxygen atoms in total. The van der Waals surface area contributed by atoms with Gasteiger partial charge in [-0.3, -0.25) is 4.79 Å². The molecule has 2 rings (SSSR count). The average molecular weight is 574 g/mol. The third kappa shape index (κ3) is 5.29. The normalized spacial score (nSPS) is 13.8. The SMILES string of the molecule is O=C(Cc1c(Br)cc(C(F)(C(F)(F)F)C(F)(F)F)cc1OC(F)F)c1cccc([NH+]([O-])O)c1F. The van der Waals surface area contributed by atoms with Crippen LogP contribution in [0, 0.1) is 11.0 Å². The molecule has 0 saturated carbocycles. The number of hydrogen-bond acceptors (Lipinski definition) is 4. The van der Waals surface area contributed by atoms with Crippen LogP contribution < -0.4 is 9.96 Å². The second-order valence-corrected chi connectivity index (χ2v) is 7.39. The molecule has 0 fully saturated rings. The largest absolute Gasteiger partial charge is 0.595 e. The molecule has 2 aromatic rings.